The number of nitrogens with one attached hydrogen (secondary N) is 1. The van der Waals surface area contributed by atoms with Crippen LogP contribution in [0.3, 0.4) is 0 Å². The van der Waals surface area contributed by atoms with Gasteiger partial charge in [0.25, 0.3) is 0 Å². The molecule has 0 radical (unpaired) electrons. The molecule has 1 fully saturated rings. The van der Waals surface area contributed by atoms with Crippen molar-refractivity contribution in [1.29, 1.82) is 0 Å². The number of hydrogen-bond donors (Lipinski definition) is 1. The van der Waals surface area contributed by atoms with Crippen molar-refractivity contribution in [3.05, 3.63) is 22.2 Å². The molecule has 1 heterocycles. The number of aromatic nitrogens is 2. The summed E-state index contributed by atoms with van der Waals surface area (Å²) < 4.78 is 0.720. The molecule has 1 saturated carbocycles. The number of rotatable bonds is 3. The Kier molecular flexibility index (Phi) is 3.71. The topological polar surface area (TPSA) is 31.9 Å². The van der Waals surface area contributed by atoms with Crippen molar-refractivity contribution in [3.63, 3.8) is 0 Å². The normalized spacial score (nSPS) is 17.2. The van der Waals surface area contributed by atoms with E-state index in [4.69, 9.17) is 12.2 Å². The quantitative estimate of drug-likeness (QED) is 0.820. The van der Waals surface area contributed by atoms with Gasteiger partial charge < -0.3 is 9.88 Å². The van der Waals surface area contributed by atoms with Gasteiger partial charge in [-0.3, -0.25) is 0 Å². The van der Waals surface area contributed by atoms with Crippen LogP contribution in [0.25, 0.3) is 0 Å². The minimum atomic E-state index is 0.672. The molecule has 1 aliphatic carbocycles. The van der Waals surface area contributed by atoms with E-state index in [9.17, 15) is 0 Å². The molecule has 88 valence electrons. The van der Waals surface area contributed by atoms with E-state index in [1.807, 2.05) is 20.2 Å². The number of nitrogens with zero attached hydrogens (tertiary/aromatic N) is 2. The fraction of sp³-hybridized carbons (Fsp3) is 0.667. The molecule has 1 aliphatic rings. The summed E-state index contributed by atoms with van der Waals surface area (Å²) in [6.07, 6.45) is 5.26. The molecule has 16 heavy (non-hydrogen) atoms. The molecule has 4 heteroatoms. The first kappa shape index (κ1) is 11.7. The zero-order chi connectivity index (χ0) is 11.5. The molecule has 0 saturated heterocycles. The molecular weight excluding hydrogens is 218 g/mol. The minimum absolute atomic E-state index is 0.672. The van der Waals surface area contributed by atoms with Crippen molar-refractivity contribution in [3.8, 4) is 0 Å². The van der Waals surface area contributed by atoms with E-state index in [1.165, 1.54) is 31.4 Å². The van der Waals surface area contributed by atoms with E-state index in [0.29, 0.717) is 5.92 Å². The molecule has 0 amide bonds. The standard InChI is InChI=1S/C12H19N3S/c1-15(2)8-11-13-10(7-12(16)14-11)9-5-3-4-6-9/h7,9H,3-6,8H2,1-2H3,(H,13,14,16). The van der Waals surface area contributed by atoms with Gasteiger partial charge >= 0.3 is 0 Å². The molecule has 0 spiro atoms. The summed E-state index contributed by atoms with van der Waals surface area (Å²) in [6.45, 7) is 0.824. The lowest BCUT2D eigenvalue weighted by molar-refractivity contribution is 0.388. The average Bonchev–Trinajstić information content (AvgIpc) is 2.67. The predicted octanol–water partition coefficient (Wildman–Crippen LogP) is 2.86. The molecule has 1 N–H and O–H groups in total. The van der Waals surface area contributed by atoms with Crippen molar-refractivity contribution in [2.24, 2.45) is 0 Å². The highest BCUT2D eigenvalue weighted by Gasteiger charge is 2.18. The van der Waals surface area contributed by atoms with Gasteiger partial charge in [0.15, 0.2) is 0 Å². The van der Waals surface area contributed by atoms with Gasteiger partial charge in [-0.05, 0) is 38.9 Å². The van der Waals surface area contributed by atoms with E-state index in [1.54, 1.807) is 0 Å². The van der Waals surface area contributed by atoms with Gasteiger partial charge in [-0.15, -0.1) is 0 Å². The third-order valence-electron chi connectivity index (χ3n) is 3.07. The third kappa shape index (κ3) is 2.89. The molecule has 0 unspecified atom stereocenters. The van der Waals surface area contributed by atoms with Crippen molar-refractivity contribution in [1.82, 2.24) is 14.9 Å². The van der Waals surface area contributed by atoms with Crippen LogP contribution >= 0.6 is 12.2 Å². The third-order valence-corrected chi connectivity index (χ3v) is 3.28. The lowest BCUT2D eigenvalue weighted by Crippen LogP contribution is -2.14. The highest BCUT2D eigenvalue weighted by molar-refractivity contribution is 7.71. The number of H-pyrrole nitrogens is 1. The van der Waals surface area contributed by atoms with Crippen LogP contribution in [0.1, 0.15) is 43.1 Å². The Balaban J connectivity index is 2.24. The second-order valence-corrected chi connectivity index (χ2v) is 5.26. The summed E-state index contributed by atoms with van der Waals surface area (Å²) in [7, 11) is 4.08. The number of hydrogen-bond acceptors (Lipinski definition) is 3. The maximum atomic E-state index is 5.23. The van der Waals surface area contributed by atoms with Crippen molar-refractivity contribution < 1.29 is 0 Å². The Morgan fingerprint density at radius 3 is 2.75 bits per heavy atom. The largest absolute Gasteiger partial charge is 0.346 e. The van der Waals surface area contributed by atoms with Crippen molar-refractivity contribution >= 4 is 12.2 Å². The van der Waals surface area contributed by atoms with Gasteiger partial charge in [-0.25, -0.2) is 4.98 Å². The predicted molar refractivity (Wildman–Crippen MR) is 68.0 cm³/mol. The molecule has 2 rings (SSSR count). The molecule has 0 bridgehead atoms. The van der Waals surface area contributed by atoms with E-state index < -0.39 is 0 Å². The Morgan fingerprint density at radius 2 is 2.12 bits per heavy atom. The summed E-state index contributed by atoms with van der Waals surface area (Å²) in [5.41, 5.74) is 1.29. The van der Waals surface area contributed by atoms with E-state index in [2.05, 4.69) is 14.9 Å². The second kappa shape index (κ2) is 5.06. The Labute approximate surface area is 102 Å². The van der Waals surface area contributed by atoms with Crippen LogP contribution in [0, 0.1) is 4.64 Å². The van der Waals surface area contributed by atoms with Crippen molar-refractivity contribution in [2.75, 3.05) is 14.1 Å². The fourth-order valence-electron chi connectivity index (χ4n) is 2.36. The zero-order valence-corrected chi connectivity index (χ0v) is 10.8. The van der Waals surface area contributed by atoms with Crippen LogP contribution in [0.5, 0.6) is 0 Å². The lowest BCUT2D eigenvalue weighted by Gasteiger charge is -2.13. The number of aromatic amines is 1. The van der Waals surface area contributed by atoms with Gasteiger partial charge in [-0.2, -0.15) is 0 Å². The Morgan fingerprint density at radius 1 is 1.44 bits per heavy atom. The molecule has 1 aromatic rings. The zero-order valence-electron chi connectivity index (χ0n) is 9.99. The lowest BCUT2D eigenvalue weighted by atomic mass is 10.0. The molecule has 0 aromatic carbocycles. The SMILES string of the molecule is CN(C)Cc1nc(=S)cc(C2CCCC2)[nH]1. The summed E-state index contributed by atoms with van der Waals surface area (Å²) >= 11 is 5.23. The second-order valence-electron chi connectivity index (χ2n) is 4.84. The van der Waals surface area contributed by atoms with Crippen LogP contribution in [0.2, 0.25) is 0 Å². The van der Waals surface area contributed by atoms with Gasteiger partial charge in [0, 0.05) is 5.69 Å². The minimum Gasteiger partial charge on any atom is -0.346 e. The van der Waals surface area contributed by atoms with Crippen LogP contribution in [-0.4, -0.2) is 29.0 Å². The Bertz CT molecular complexity index is 405. The maximum Gasteiger partial charge on any atom is 0.130 e. The van der Waals surface area contributed by atoms with Gasteiger partial charge in [0.1, 0.15) is 10.5 Å². The smallest absolute Gasteiger partial charge is 0.130 e. The van der Waals surface area contributed by atoms with E-state index in [0.717, 1.165) is 17.0 Å². The van der Waals surface area contributed by atoms with Crippen LogP contribution in [0.4, 0.5) is 0 Å². The monoisotopic (exact) mass is 237 g/mol. The highest BCUT2D eigenvalue weighted by atomic mass is 32.1. The summed E-state index contributed by atoms with van der Waals surface area (Å²) in [5.74, 6) is 1.66. The summed E-state index contributed by atoms with van der Waals surface area (Å²) in [4.78, 5) is 9.91. The fourth-order valence-corrected chi connectivity index (χ4v) is 2.60. The molecule has 3 nitrogen and oxygen atoms in total. The highest BCUT2D eigenvalue weighted by Crippen LogP contribution is 2.32. The van der Waals surface area contributed by atoms with E-state index >= 15 is 0 Å². The van der Waals surface area contributed by atoms with Crippen molar-refractivity contribution in [2.45, 2.75) is 38.1 Å². The maximum absolute atomic E-state index is 5.23. The van der Waals surface area contributed by atoms with Gasteiger partial charge in [0.2, 0.25) is 0 Å². The van der Waals surface area contributed by atoms with Gasteiger partial charge in [-0.1, -0.05) is 25.1 Å². The first-order chi connectivity index (χ1) is 7.65. The summed E-state index contributed by atoms with van der Waals surface area (Å²) in [6, 6.07) is 2.03. The van der Waals surface area contributed by atoms with Gasteiger partial charge in [0.05, 0.1) is 6.54 Å². The summed E-state index contributed by atoms with van der Waals surface area (Å²) in [5, 5.41) is 0. The average molecular weight is 237 g/mol. The van der Waals surface area contributed by atoms with E-state index in [-0.39, 0.29) is 0 Å². The first-order valence-corrected chi connectivity index (χ1v) is 6.31. The molecule has 0 aliphatic heterocycles. The van der Waals surface area contributed by atoms with Crippen LogP contribution < -0.4 is 0 Å². The molecule has 0 atom stereocenters. The van der Waals surface area contributed by atoms with Crippen LogP contribution in [-0.2, 0) is 6.54 Å². The first-order valence-electron chi connectivity index (χ1n) is 5.90. The van der Waals surface area contributed by atoms with Crippen LogP contribution in [0.15, 0.2) is 6.07 Å². The molecule has 1 aromatic heterocycles. The Hall–Kier alpha value is -0.740. The molecular formula is C12H19N3S.